The van der Waals surface area contributed by atoms with E-state index >= 15 is 0 Å². The molecule has 0 saturated heterocycles. The molecule has 3 unspecified atom stereocenters. The first-order valence-corrected chi connectivity index (χ1v) is 7.43. The summed E-state index contributed by atoms with van der Waals surface area (Å²) in [7, 11) is -2.96. The maximum atomic E-state index is 12.1. The second-order valence-electron chi connectivity index (χ2n) is 5.09. The fourth-order valence-corrected chi connectivity index (χ4v) is 4.42. The molecule has 3 nitrogen and oxygen atoms in total. The average Bonchev–Trinajstić information content (AvgIpc) is 2.16. The zero-order valence-electron chi connectivity index (χ0n) is 9.94. The molecule has 0 aromatic rings. The Kier molecular flexibility index (Phi) is 4.18. The van der Waals surface area contributed by atoms with Crippen LogP contribution in [-0.4, -0.2) is 25.5 Å². The van der Waals surface area contributed by atoms with Crippen LogP contribution in [0.5, 0.6) is 0 Å². The minimum absolute atomic E-state index is 0.168. The van der Waals surface area contributed by atoms with Crippen molar-refractivity contribution in [1.29, 1.82) is 0 Å². The van der Waals surface area contributed by atoms with E-state index in [1.807, 2.05) is 0 Å². The summed E-state index contributed by atoms with van der Waals surface area (Å²) in [6.07, 6.45) is 2.78. The standard InChI is InChI=1S/C11H23NO2S/c1-8(2)15(13,14)11-5-4-9(3)6-10(11)7-12/h8-11H,4-7,12H2,1-3H3. The van der Waals surface area contributed by atoms with Crippen molar-refractivity contribution in [2.45, 2.75) is 50.5 Å². The first-order valence-electron chi connectivity index (χ1n) is 5.82. The van der Waals surface area contributed by atoms with Crippen molar-refractivity contribution >= 4 is 9.84 Å². The van der Waals surface area contributed by atoms with Gasteiger partial charge in [0.2, 0.25) is 0 Å². The number of nitrogens with two attached hydrogens (primary N) is 1. The molecule has 0 radical (unpaired) electrons. The van der Waals surface area contributed by atoms with Crippen molar-refractivity contribution in [2.75, 3.05) is 6.54 Å². The molecule has 1 aliphatic rings. The SMILES string of the molecule is CC1CCC(S(=O)(=O)C(C)C)C(CN)C1. The van der Waals surface area contributed by atoms with Crippen LogP contribution in [0.1, 0.15) is 40.0 Å². The molecule has 0 bridgehead atoms. The highest BCUT2D eigenvalue weighted by Crippen LogP contribution is 2.34. The van der Waals surface area contributed by atoms with Gasteiger partial charge in [0.25, 0.3) is 0 Å². The van der Waals surface area contributed by atoms with Crippen LogP contribution >= 0.6 is 0 Å². The van der Waals surface area contributed by atoms with E-state index in [0.29, 0.717) is 12.5 Å². The Hall–Kier alpha value is -0.0900. The molecule has 0 aromatic heterocycles. The van der Waals surface area contributed by atoms with Crippen molar-refractivity contribution in [3.8, 4) is 0 Å². The summed E-state index contributed by atoms with van der Waals surface area (Å²) in [5.41, 5.74) is 5.69. The third kappa shape index (κ3) is 2.72. The highest BCUT2D eigenvalue weighted by molar-refractivity contribution is 7.92. The van der Waals surface area contributed by atoms with Gasteiger partial charge in [0.15, 0.2) is 9.84 Å². The smallest absolute Gasteiger partial charge is 0.155 e. The van der Waals surface area contributed by atoms with E-state index in [1.54, 1.807) is 13.8 Å². The second kappa shape index (κ2) is 4.83. The average molecular weight is 233 g/mol. The number of rotatable bonds is 3. The van der Waals surface area contributed by atoms with E-state index in [4.69, 9.17) is 5.73 Å². The fourth-order valence-electron chi connectivity index (χ4n) is 2.50. The molecule has 0 aromatic carbocycles. The summed E-state index contributed by atoms with van der Waals surface area (Å²) in [4.78, 5) is 0. The summed E-state index contributed by atoms with van der Waals surface area (Å²) >= 11 is 0. The van der Waals surface area contributed by atoms with Gasteiger partial charge in [-0.1, -0.05) is 6.92 Å². The van der Waals surface area contributed by atoms with E-state index in [9.17, 15) is 8.42 Å². The highest BCUT2D eigenvalue weighted by Gasteiger charge is 2.38. The predicted molar refractivity (Wildman–Crippen MR) is 63.4 cm³/mol. The molecule has 2 N–H and O–H groups in total. The van der Waals surface area contributed by atoms with Crippen LogP contribution in [0.3, 0.4) is 0 Å². The van der Waals surface area contributed by atoms with Gasteiger partial charge < -0.3 is 5.73 Å². The third-order valence-electron chi connectivity index (χ3n) is 3.56. The highest BCUT2D eigenvalue weighted by atomic mass is 32.2. The Morgan fingerprint density at radius 1 is 1.33 bits per heavy atom. The van der Waals surface area contributed by atoms with Crippen LogP contribution in [0.25, 0.3) is 0 Å². The van der Waals surface area contributed by atoms with Crippen molar-refractivity contribution in [1.82, 2.24) is 0 Å². The van der Waals surface area contributed by atoms with Crippen LogP contribution < -0.4 is 5.73 Å². The quantitative estimate of drug-likeness (QED) is 0.805. The summed E-state index contributed by atoms with van der Waals surface area (Å²) < 4.78 is 24.2. The monoisotopic (exact) mass is 233 g/mol. The molecule has 0 heterocycles. The summed E-state index contributed by atoms with van der Waals surface area (Å²) in [5, 5.41) is -0.469. The Morgan fingerprint density at radius 3 is 2.40 bits per heavy atom. The van der Waals surface area contributed by atoms with Gasteiger partial charge in [0.1, 0.15) is 0 Å². The van der Waals surface area contributed by atoms with Gasteiger partial charge >= 0.3 is 0 Å². The maximum Gasteiger partial charge on any atom is 0.155 e. The van der Waals surface area contributed by atoms with E-state index < -0.39 is 9.84 Å². The molecule has 1 saturated carbocycles. The first kappa shape index (κ1) is 13.0. The van der Waals surface area contributed by atoms with Crippen molar-refractivity contribution in [3.63, 3.8) is 0 Å². The third-order valence-corrected chi connectivity index (χ3v) is 6.34. The molecule has 1 aliphatic carbocycles. The number of hydrogen-bond donors (Lipinski definition) is 1. The zero-order valence-corrected chi connectivity index (χ0v) is 10.8. The van der Waals surface area contributed by atoms with Crippen LogP contribution in [0.15, 0.2) is 0 Å². The minimum Gasteiger partial charge on any atom is -0.330 e. The van der Waals surface area contributed by atoms with Crippen LogP contribution in [0, 0.1) is 11.8 Å². The molecule has 0 aliphatic heterocycles. The molecule has 1 fully saturated rings. The number of hydrogen-bond acceptors (Lipinski definition) is 3. The van der Waals surface area contributed by atoms with Gasteiger partial charge in [0, 0.05) is 0 Å². The fraction of sp³-hybridized carbons (Fsp3) is 1.00. The molecular formula is C11H23NO2S. The van der Waals surface area contributed by atoms with Gasteiger partial charge in [0.05, 0.1) is 10.5 Å². The van der Waals surface area contributed by atoms with E-state index in [1.165, 1.54) is 0 Å². The maximum absolute atomic E-state index is 12.1. The summed E-state index contributed by atoms with van der Waals surface area (Å²) in [6.45, 7) is 6.21. The predicted octanol–water partition coefficient (Wildman–Crippen LogP) is 1.57. The second-order valence-corrected chi connectivity index (χ2v) is 7.82. The lowest BCUT2D eigenvalue weighted by Gasteiger charge is -2.34. The molecule has 4 heteroatoms. The Balaban J connectivity index is 2.85. The van der Waals surface area contributed by atoms with Gasteiger partial charge in [-0.25, -0.2) is 8.42 Å². The summed E-state index contributed by atoms with van der Waals surface area (Å²) in [5.74, 6) is 0.790. The zero-order chi connectivity index (χ0) is 11.6. The molecule has 0 amide bonds. The lowest BCUT2D eigenvalue weighted by atomic mass is 9.82. The van der Waals surface area contributed by atoms with Crippen LogP contribution in [0.4, 0.5) is 0 Å². The largest absolute Gasteiger partial charge is 0.330 e. The normalized spacial score (nSPS) is 33.3. The van der Waals surface area contributed by atoms with Gasteiger partial charge in [-0.05, 0) is 51.5 Å². The van der Waals surface area contributed by atoms with E-state index in [0.717, 1.165) is 19.3 Å². The van der Waals surface area contributed by atoms with Crippen molar-refractivity contribution in [3.05, 3.63) is 0 Å². The lowest BCUT2D eigenvalue weighted by molar-refractivity contribution is 0.289. The summed E-state index contributed by atoms with van der Waals surface area (Å²) in [6, 6.07) is 0. The van der Waals surface area contributed by atoms with Crippen molar-refractivity contribution in [2.24, 2.45) is 17.6 Å². The van der Waals surface area contributed by atoms with E-state index in [-0.39, 0.29) is 16.4 Å². The Bertz CT molecular complexity index is 298. The Morgan fingerprint density at radius 2 is 1.93 bits per heavy atom. The van der Waals surface area contributed by atoms with Gasteiger partial charge in [-0.15, -0.1) is 0 Å². The number of sulfone groups is 1. The van der Waals surface area contributed by atoms with Crippen molar-refractivity contribution < 1.29 is 8.42 Å². The minimum atomic E-state index is -2.96. The first-order chi connectivity index (χ1) is 6.89. The van der Waals surface area contributed by atoms with Gasteiger partial charge in [-0.3, -0.25) is 0 Å². The topological polar surface area (TPSA) is 60.2 Å². The molecule has 3 atom stereocenters. The Labute approximate surface area is 93.3 Å². The van der Waals surface area contributed by atoms with Crippen LogP contribution in [0.2, 0.25) is 0 Å². The molecule has 1 rings (SSSR count). The lowest BCUT2D eigenvalue weighted by Crippen LogP contribution is -2.42. The van der Waals surface area contributed by atoms with Crippen LogP contribution in [-0.2, 0) is 9.84 Å². The molecular weight excluding hydrogens is 210 g/mol. The molecule has 0 spiro atoms. The van der Waals surface area contributed by atoms with Gasteiger partial charge in [-0.2, -0.15) is 0 Å². The van der Waals surface area contributed by atoms with E-state index in [2.05, 4.69) is 6.92 Å². The molecule has 15 heavy (non-hydrogen) atoms. The molecule has 90 valence electrons.